The van der Waals surface area contributed by atoms with Crippen LogP contribution in [0.5, 0.6) is 0 Å². The van der Waals surface area contributed by atoms with Gasteiger partial charge in [-0.25, -0.2) is 4.79 Å². The first kappa shape index (κ1) is 10.9. The van der Waals surface area contributed by atoms with Crippen molar-refractivity contribution in [2.45, 2.75) is 11.8 Å². The Morgan fingerprint density at radius 3 is 2.43 bits per heavy atom. The quantitative estimate of drug-likeness (QED) is 0.846. The van der Waals surface area contributed by atoms with Crippen LogP contribution in [0.2, 0.25) is 0 Å². The van der Waals surface area contributed by atoms with E-state index in [1.54, 1.807) is 18.2 Å². The zero-order valence-corrected chi connectivity index (χ0v) is 9.11. The zero-order valence-electron chi connectivity index (χ0n) is 7.53. The molecule has 1 atom stereocenters. The van der Waals surface area contributed by atoms with Gasteiger partial charge in [-0.15, -0.1) is 0 Å². The number of alkyl halides is 1. The molecule has 0 aromatic heterocycles. The molecule has 0 saturated carbocycles. The van der Waals surface area contributed by atoms with E-state index in [-0.39, 0.29) is 11.3 Å². The number of carbonyl (C=O) groups is 2. The molecule has 1 aromatic carbocycles. The fourth-order valence-electron chi connectivity index (χ4n) is 1.13. The maximum atomic E-state index is 11.1. The summed E-state index contributed by atoms with van der Waals surface area (Å²) >= 11 is 3.16. The minimum atomic E-state index is -1.02. The predicted octanol–water partition coefficient (Wildman–Crippen LogP) is 2.41. The molecule has 0 aliphatic carbocycles. The Hall–Kier alpha value is -1.16. The molecule has 0 saturated heterocycles. The molecule has 0 radical (unpaired) electrons. The van der Waals surface area contributed by atoms with Crippen molar-refractivity contribution in [3.05, 3.63) is 35.4 Å². The highest BCUT2D eigenvalue weighted by Crippen LogP contribution is 2.26. The van der Waals surface area contributed by atoms with Gasteiger partial charge < -0.3 is 5.11 Å². The third kappa shape index (κ3) is 2.20. The molecule has 0 heterocycles. The van der Waals surface area contributed by atoms with Crippen molar-refractivity contribution < 1.29 is 14.7 Å². The van der Waals surface area contributed by atoms with E-state index in [0.717, 1.165) is 0 Å². The number of Topliss-reactive ketones (excluding diaryl/α,β-unsaturated/α-hetero) is 1. The first-order valence-electron chi connectivity index (χ1n) is 4.00. The zero-order chi connectivity index (χ0) is 10.7. The first-order chi connectivity index (χ1) is 6.54. The standard InChI is InChI=1S/C10H9BrO3/c1-6(12)9(11)7-4-2-3-5-8(7)10(13)14/h2-5,9H,1H3,(H,13,14). The number of carboxylic acid groups (broad SMARTS) is 1. The summed E-state index contributed by atoms with van der Waals surface area (Å²) in [4.78, 5) is 21.3. The molecule has 0 amide bonds. The van der Waals surface area contributed by atoms with E-state index in [1.165, 1.54) is 13.0 Å². The van der Waals surface area contributed by atoms with Crippen LogP contribution in [0.1, 0.15) is 27.7 Å². The van der Waals surface area contributed by atoms with Gasteiger partial charge in [-0.3, -0.25) is 4.79 Å². The van der Waals surface area contributed by atoms with E-state index >= 15 is 0 Å². The van der Waals surface area contributed by atoms with Crippen molar-refractivity contribution in [1.82, 2.24) is 0 Å². The normalized spacial score (nSPS) is 12.1. The molecular formula is C10H9BrO3. The summed E-state index contributed by atoms with van der Waals surface area (Å²) in [5, 5.41) is 8.86. The molecule has 0 fully saturated rings. The molecule has 1 rings (SSSR count). The van der Waals surface area contributed by atoms with E-state index in [2.05, 4.69) is 15.9 Å². The summed E-state index contributed by atoms with van der Waals surface area (Å²) in [7, 11) is 0. The molecule has 0 aliphatic heterocycles. The van der Waals surface area contributed by atoms with Crippen molar-refractivity contribution in [1.29, 1.82) is 0 Å². The molecule has 0 aliphatic rings. The minimum Gasteiger partial charge on any atom is -0.478 e. The van der Waals surface area contributed by atoms with Gasteiger partial charge in [0.05, 0.1) is 10.4 Å². The lowest BCUT2D eigenvalue weighted by Crippen LogP contribution is -2.08. The SMILES string of the molecule is CC(=O)C(Br)c1ccccc1C(=O)O. The number of carbonyl (C=O) groups excluding carboxylic acids is 1. The van der Waals surface area contributed by atoms with Crippen LogP contribution in [0, 0.1) is 0 Å². The Bertz CT molecular complexity index is 373. The lowest BCUT2D eigenvalue weighted by Gasteiger charge is -2.09. The van der Waals surface area contributed by atoms with Crippen molar-refractivity contribution in [2.24, 2.45) is 0 Å². The fraction of sp³-hybridized carbons (Fsp3) is 0.200. The molecule has 74 valence electrons. The molecule has 1 N–H and O–H groups in total. The molecule has 1 aromatic rings. The Balaban J connectivity index is 3.19. The lowest BCUT2D eigenvalue weighted by molar-refractivity contribution is -0.116. The number of aromatic carboxylic acids is 1. The Morgan fingerprint density at radius 1 is 1.36 bits per heavy atom. The summed E-state index contributed by atoms with van der Waals surface area (Å²) in [5.41, 5.74) is 0.650. The summed E-state index contributed by atoms with van der Waals surface area (Å²) in [6.45, 7) is 1.41. The van der Waals surface area contributed by atoms with Crippen LogP contribution in [-0.4, -0.2) is 16.9 Å². The third-order valence-electron chi connectivity index (χ3n) is 1.82. The number of halogens is 1. The highest BCUT2D eigenvalue weighted by atomic mass is 79.9. The van der Waals surface area contributed by atoms with Crippen molar-refractivity contribution in [3.63, 3.8) is 0 Å². The maximum absolute atomic E-state index is 11.1. The van der Waals surface area contributed by atoms with Gasteiger partial charge in [-0.1, -0.05) is 34.1 Å². The molecule has 0 bridgehead atoms. The van der Waals surface area contributed by atoms with Gasteiger partial charge >= 0.3 is 5.97 Å². The van der Waals surface area contributed by atoms with Crippen LogP contribution in [0.4, 0.5) is 0 Å². The summed E-state index contributed by atoms with van der Waals surface area (Å²) in [6.07, 6.45) is 0. The van der Waals surface area contributed by atoms with Gasteiger partial charge in [0.15, 0.2) is 0 Å². The Morgan fingerprint density at radius 2 is 1.93 bits per heavy atom. The summed E-state index contributed by atoms with van der Waals surface area (Å²) in [5.74, 6) is -1.13. The van der Waals surface area contributed by atoms with Crippen LogP contribution >= 0.6 is 15.9 Å². The Labute approximate surface area is 89.9 Å². The molecular weight excluding hydrogens is 248 g/mol. The van der Waals surface area contributed by atoms with Gasteiger partial charge in [0.1, 0.15) is 5.78 Å². The topological polar surface area (TPSA) is 54.4 Å². The van der Waals surface area contributed by atoms with E-state index in [0.29, 0.717) is 5.56 Å². The van der Waals surface area contributed by atoms with Gasteiger partial charge in [-0.05, 0) is 18.6 Å². The third-order valence-corrected chi connectivity index (χ3v) is 2.96. The molecule has 4 heteroatoms. The predicted molar refractivity (Wildman–Crippen MR) is 55.8 cm³/mol. The smallest absolute Gasteiger partial charge is 0.336 e. The van der Waals surface area contributed by atoms with E-state index < -0.39 is 10.8 Å². The van der Waals surface area contributed by atoms with Gasteiger partial charge in [-0.2, -0.15) is 0 Å². The molecule has 14 heavy (non-hydrogen) atoms. The van der Waals surface area contributed by atoms with Crippen molar-refractivity contribution in [2.75, 3.05) is 0 Å². The van der Waals surface area contributed by atoms with Crippen LogP contribution in [-0.2, 0) is 4.79 Å². The number of benzene rings is 1. The fourth-order valence-corrected chi connectivity index (χ4v) is 1.53. The first-order valence-corrected chi connectivity index (χ1v) is 4.92. The molecule has 3 nitrogen and oxygen atoms in total. The number of carboxylic acids is 1. The minimum absolute atomic E-state index is 0.112. The number of hydrogen-bond donors (Lipinski definition) is 1. The second-order valence-corrected chi connectivity index (χ2v) is 3.78. The number of hydrogen-bond acceptors (Lipinski definition) is 2. The highest BCUT2D eigenvalue weighted by molar-refractivity contribution is 9.09. The van der Waals surface area contributed by atoms with Gasteiger partial charge in [0.2, 0.25) is 0 Å². The summed E-state index contributed by atoms with van der Waals surface area (Å²) < 4.78 is 0. The van der Waals surface area contributed by atoms with Crippen molar-refractivity contribution >= 4 is 27.7 Å². The van der Waals surface area contributed by atoms with Crippen LogP contribution in [0.3, 0.4) is 0 Å². The largest absolute Gasteiger partial charge is 0.478 e. The average Bonchev–Trinajstić information content (AvgIpc) is 2.16. The van der Waals surface area contributed by atoms with E-state index in [1.807, 2.05) is 0 Å². The monoisotopic (exact) mass is 256 g/mol. The number of ketones is 1. The van der Waals surface area contributed by atoms with E-state index in [4.69, 9.17) is 5.11 Å². The van der Waals surface area contributed by atoms with Crippen LogP contribution in [0.15, 0.2) is 24.3 Å². The van der Waals surface area contributed by atoms with Crippen molar-refractivity contribution in [3.8, 4) is 0 Å². The lowest BCUT2D eigenvalue weighted by atomic mass is 10.0. The average molecular weight is 257 g/mol. The maximum Gasteiger partial charge on any atom is 0.336 e. The molecule has 1 unspecified atom stereocenters. The van der Waals surface area contributed by atoms with E-state index in [9.17, 15) is 9.59 Å². The molecule has 0 spiro atoms. The Kier molecular flexibility index (Phi) is 3.41. The number of rotatable bonds is 3. The second kappa shape index (κ2) is 4.37. The van der Waals surface area contributed by atoms with Gasteiger partial charge in [0.25, 0.3) is 0 Å². The second-order valence-electron chi connectivity index (χ2n) is 2.87. The highest BCUT2D eigenvalue weighted by Gasteiger charge is 2.19. The summed E-state index contributed by atoms with van der Waals surface area (Å²) in [6, 6.07) is 6.45. The van der Waals surface area contributed by atoms with Crippen LogP contribution < -0.4 is 0 Å². The van der Waals surface area contributed by atoms with Crippen LogP contribution in [0.25, 0.3) is 0 Å². The van der Waals surface area contributed by atoms with Gasteiger partial charge in [0, 0.05) is 0 Å².